The Balaban J connectivity index is 1.47. The second-order valence-corrected chi connectivity index (χ2v) is 9.80. The number of nitriles is 3. The fraction of sp³-hybridized carbons (Fsp3) is 0. The van der Waals surface area contributed by atoms with Gasteiger partial charge in [-0.1, -0.05) is 66.7 Å². The largest absolute Gasteiger partial charge is 0.247 e. The Morgan fingerprint density at radius 3 is 2.00 bits per heavy atom. The lowest BCUT2D eigenvalue weighted by Crippen LogP contribution is -1.94. The van der Waals surface area contributed by atoms with E-state index in [1.54, 1.807) is 12.1 Å². The van der Waals surface area contributed by atoms with Crippen molar-refractivity contribution >= 4 is 38.4 Å². The van der Waals surface area contributed by atoms with Crippen molar-refractivity contribution in [3.63, 3.8) is 0 Å². The van der Waals surface area contributed by atoms with Crippen LogP contribution in [0.25, 0.3) is 71.1 Å². The van der Waals surface area contributed by atoms with Gasteiger partial charge in [0.05, 0.1) is 52.7 Å². The van der Waals surface area contributed by atoms with Gasteiger partial charge in [-0.05, 0) is 51.3 Å². The fourth-order valence-electron chi connectivity index (χ4n) is 5.51. The molecule has 43 heavy (non-hydrogen) atoms. The summed E-state index contributed by atoms with van der Waals surface area (Å²) in [5.74, 6) is 0. The van der Waals surface area contributed by atoms with Gasteiger partial charge in [-0.2, -0.15) is 15.8 Å². The molecule has 5 aromatic carbocycles. The van der Waals surface area contributed by atoms with E-state index in [9.17, 15) is 15.8 Å². The molecule has 0 bridgehead atoms. The molecule has 196 valence electrons. The standard InChI is InChI=1S/C35H15N7O/c1-39-26-12-10-23(11-13-26)33-29-16-28(34-35(42-43-41-34)32(29)27-4-2-3-5-30(27)40-33)21-6-8-22(9-7-21)31-24(18-37)14-20(17-36)15-25(31)19-38/h2-16H. The minimum Gasteiger partial charge on any atom is -0.247 e. The molecule has 8 heteroatoms. The van der Waals surface area contributed by atoms with Crippen LogP contribution in [0, 0.1) is 40.6 Å². The number of hydrogen-bond donors (Lipinski definition) is 0. The molecular formula is C35H15N7O. The Morgan fingerprint density at radius 1 is 0.674 bits per heavy atom. The summed E-state index contributed by atoms with van der Waals surface area (Å²) in [4.78, 5) is 8.53. The molecule has 8 nitrogen and oxygen atoms in total. The van der Waals surface area contributed by atoms with E-state index in [1.165, 1.54) is 12.1 Å². The molecule has 0 aliphatic rings. The summed E-state index contributed by atoms with van der Waals surface area (Å²) in [7, 11) is 0. The number of hydrogen-bond acceptors (Lipinski definition) is 7. The van der Waals surface area contributed by atoms with Crippen molar-refractivity contribution in [3.05, 3.63) is 119 Å². The molecule has 0 saturated heterocycles. The second-order valence-electron chi connectivity index (χ2n) is 9.80. The van der Waals surface area contributed by atoms with Gasteiger partial charge >= 0.3 is 0 Å². The monoisotopic (exact) mass is 549 g/mol. The predicted molar refractivity (Wildman–Crippen MR) is 161 cm³/mol. The predicted octanol–water partition coefficient (Wildman–Crippen LogP) is 8.09. The van der Waals surface area contributed by atoms with Crippen LogP contribution in [0.4, 0.5) is 5.69 Å². The molecular weight excluding hydrogens is 534 g/mol. The van der Waals surface area contributed by atoms with Crippen LogP contribution in [0.15, 0.2) is 95.6 Å². The van der Waals surface area contributed by atoms with Gasteiger partial charge in [-0.25, -0.2) is 14.5 Å². The van der Waals surface area contributed by atoms with E-state index in [-0.39, 0.29) is 16.7 Å². The molecule has 2 heterocycles. The van der Waals surface area contributed by atoms with Crippen LogP contribution in [-0.4, -0.2) is 15.3 Å². The molecule has 0 aliphatic heterocycles. The third-order valence-corrected chi connectivity index (χ3v) is 7.46. The SMILES string of the molecule is [C-]#[N+]c1ccc(-c2nc3ccccc3c3c2cc(-c2ccc(-c4c(C#N)cc(C#N)cc4C#N)cc2)c2nonc23)cc1. The van der Waals surface area contributed by atoms with Gasteiger partial charge in [0.2, 0.25) is 0 Å². The number of aromatic nitrogens is 3. The molecule has 7 rings (SSSR count). The van der Waals surface area contributed by atoms with Gasteiger partial charge < -0.3 is 0 Å². The first kappa shape index (κ1) is 25.1. The Hall–Kier alpha value is -6.87. The average molecular weight is 550 g/mol. The molecule has 0 atom stereocenters. The van der Waals surface area contributed by atoms with Gasteiger partial charge in [0.1, 0.15) is 11.0 Å². The van der Waals surface area contributed by atoms with Crippen molar-refractivity contribution < 1.29 is 4.63 Å². The first-order valence-electron chi connectivity index (χ1n) is 13.1. The lowest BCUT2D eigenvalue weighted by atomic mass is 9.91. The highest BCUT2D eigenvalue weighted by Gasteiger charge is 2.20. The molecule has 0 spiro atoms. The van der Waals surface area contributed by atoms with Gasteiger partial charge in [0, 0.05) is 27.3 Å². The number of pyridine rings is 1. The minimum atomic E-state index is 0.254. The highest BCUT2D eigenvalue weighted by molar-refractivity contribution is 6.23. The molecule has 0 fully saturated rings. The van der Waals surface area contributed by atoms with Crippen molar-refractivity contribution in [2.75, 3.05) is 0 Å². The maximum atomic E-state index is 9.76. The Labute approximate surface area is 244 Å². The van der Waals surface area contributed by atoms with Crippen molar-refractivity contribution in [2.45, 2.75) is 0 Å². The lowest BCUT2D eigenvalue weighted by molar-refractivity contribution is 0.316. The molecule has 0 aliphatic carbocycles. The van der Waals surface area contributed by atoms with E-state index in [4.69, 9.17) is 16.2 Å². The van der Waals surface area contributed by atoms with Gasteiger partial charge in [0.15, 0.2) is 5.69 Å². The minimum absolute atomic E-state index is 0.254. The summed E-state index contributed by atoms with van der Waals surface area (Å²) in [6.07, 6.45) is 0. The van der Waals surface area contributed by atoms with Crippen molar-refractivity contribution in [3.8, 4) is 51.7 Å². The third kappa shape index (κ3) is 4.00. The molecule has 0 unspecified atom stereocenters. The van der Waals surface area contributed by atoms with E-state index < -0.39 is 0 Å². The summed E-state index contributed by atoms with van der Waals surface area (Å²) in [6.45, 7) is 7.33. The second kappa shape index (κ2) is 9.95. The van der Waals surface area contributed by atoms with Crippen LogP contribution in [0.1, 0.15) is 16.7 Å². The Kier molecular flexibility index (Phi) is 5.81. The van der Waals surface area contributed by atoms with E-state index in [0.717, 1.165) is 44.1 Å². The van der Waals surface area contributed by atoms with Crippen LogP contribution in [0.3, 0.4) is 0 Å². The number of para-hydroxylation sites is 1. The zero-order valence-corrected chi connectivity index (χ0v) is 22.2. The van der Waals surface area contributed by atoms with E-state index in [1.807, 2.05) is 72.8 Å². The van der Waals surface area contributed by atoms with Crippen LogP contribution in [0.2, 0.25) is 0 Å². The molecule has 0 saturated carbocycles. The average Bonchev–Trinajstić information content (AvgIpc) is 3.57. The number of fused-ring (bicyclic) bond motifs is 5. The Morgan fingerprint density at radius 2 is 1.33 bits per heavy atom. The molecule has 0 radical (unpaired) electrons. The van der Waals surface area contributed by atoms with E-state index >= 15 is 0 Å². The van der Waals surface area contributed by atoms with Gasteiger partial charge in [0.25, 0.3) is 0 Å². The molecule has 7 aromatic rings. The first-order valence-corrected chi connectivity index (χ1v) is 13.1. The Bertz CT molecular complexity index is 2400. The maximum absolute atomic E-state index is 9.76. The number of benzene rings is 5. The molecule has 2 aromatic heterocycles. The van der Waals surface area contributed by atoms with Crippen molar-refractivity contribution in [1.82, 2.24) is 15.3 Å². The van der Waals surface area contributed by atoms with E-state index in [2.05, 4.69) is 27.3 Å². The number of rotatable bonds is 3. The van der Waals surface area contributed by atoms with Crippen molar-refractivity contribution in [2.24, 2.45) is 0 Å². The van der Waals surface area contributed by atoms with Crippen molar-refractivity contribution in [1.29, 1.82) is 15.8 Å². The van der Waals surface area contributed by atoms with Crippen LogP contribution in [-0.2, 0) is 0 Å². The summed E-state index contributed by atoms with van der Waals surface area (Å²) in [6, 6.07) is 33.9. The van der Waals surface area contributed by atoms with Crippen LogP contribution in [0.5, 0.6) is 0 Å². The summed E-state index contributed by atoms with van der Waals surface area (Å²) >= 11 is 0. The number of nitrogens with zero attached hydrogens (tertiary/aromatic N) is 7. The normalized spacial score (nSPS) is 10.7. The third-order valence-electron chi connectivity index (χ3n) is 7.46. The van der Waals surface area contributed by atoms with Crippen LogP contribution < -0.4 is 0 Å². The van der Waals surface area contributed by atoms with E-state index in [0.29, 0.717) is 27.8 Å². The van der Waals surface area contributed by atoms with Crippen LogP contribution >= 0.6 is 0 Å². The maximum Gasteiger partial charge on any atom is 0.187 e. The molecule has 0 N–H and O–H groups in total. The van der Waals surface area contributed by atoms with Gasteiger partial charge in [-0.3, -0.25) is 0 Å². The summed E-state index contributed by atoms with van der Waals surface area (Å²) in [5.41, 5.74) is 7.61. The quantitative estimate of drug-likeness (QED) is 0.161. The first-order chi connectivity index (χ1) is 21.1. The van der Waals surface area contributed by atoms with Gasteiger partial charge in [-0.15, -0.1) is 0 Å². The summed E-state index contributed by atoms with van der Waals surface area (Å²) < 4.78 is 5.28. The topological polar surface area (TPSA) is 128 Å². The highest BCUT2D eigenvalue weighted by Crippen LogP contribution is 2.41. The molecule has 0 amide bonds. The summed E-state index contributed by atoms with van der Waals surface area (Å²) in [5, 5.41) is 40.0. The smallest absolute Gasteiger partial charge is 0.187 e. The fourth-order valence-corrected chi connectivity index (χ4v) is 5.51. The zero-order chi connectivity index (χ0) is 29.5. The highest BCUT2D eigenvalue weighted by atomic mass is 16.6. The lowest BCUT2D eigenvalue weighted by Gasteiger charge is -2.13. The zero-order valence-electron chi connectivity index (χ0n) is 22.2.